The first-order valence-electron chi connectivity index (χ1n) is 10.4. The Labute approximate surface area is 188 Å². The van der Waals surface area contributed by atoms with Crippen molar-refractivity contribution >= 4 is 27.2 Å². The van der Waals surface area contributed by atoms with E-state index in [4.69, 9.17) is 0 Å². The van der Waals surface area contributed by atoms with Crippen molar-refractivity contribution in [2.45, 2.75) is 12.5 Å². The smallest absolute Gasteiger partial charge is 0.273 e. The quantitative estimate of drug-likeness (QED) is 0.456. The molecule has 1 aliphatic heterocycles. The van der Waals surface area contributed by atoms with Crippen LogP contribution in [-0.4, -0.2) is 47.7 Å². The van der Waals surface area contributed by atoms with Crippen LogP contribution in [0.5, 0.6) is 0 Å². The highest BCUT2D eigenvalue weighted by molar-refractivity contribution is 7.22. The van der Waals surface area contributed by atoms with Gasteiger partial charge in [0.2, 0.25) is 0 Å². The van der Waals surface area contributed by atoms with E-state index in [9.17, 15) is 13.6 Å². The van der Waals surface area contributed by atoms with E-state index in [2.05, 4.69) is 28.9 Å². The number of hydrogen-bond acceptors (Lipinski definition) is 5. The first kappa shape index (κ1) is 20.8. The lowest BCUT2D eigenvalue weighted by Crippen LogP contribution is -2.31. The van der Waals surface area contributed by atoms with E-state index in [1.165, 1.54) is 23.5 Å². The Morgan fingerprint density at radius 1 is 1.12 bits per heavy atom. The van der Waals surface area contributed by atoms with E-state index in [0.29, 0.717) is 21.3 Å². The molecule has 8 heteroatoms. The molecule has 4 heterocycles. The summed E-state index contributed by atoms with van der Waals surface area (Å²) < 4.78 is 29.5. The molecule has 0 bridgehead atoms. The van der Waals surface area contributed by atoms with Crippen LogP contribution >= 0.6 is 11.3 Å². The standard InChI is InChI=1S/C24H22F2N4OS/c1-28(2)18-8-9-29(14-18)22-6-4-17(13-27-22)30-10-7-15-11-21(32-23(15)24(30)31)19-5-3-16(25)12-20(19)26/h3-7,10-13,18H,8-9,14H2,1-2H3/t18-/m0/s1. The Kier molecular flexibility index (Phi) is 5.27. The lowest BCUT2D eigenvalue weighted by atomic mass is 10.1. The summed E-state index contributed by atoms with van der Waals surface area (Å²) in [6.45, 7) is 1.89. The molecule has 1 aliphatic rings. The third-order valence-electron chi connectivity index (χ3n) is 6.00. The topological polar surface area (TPSA) is 41.4 Å². The van der Waals surface area contributed by atoms with Crippen LogP contribution in [-0.2, 0) is 0 Å². The molecule has 32 heavy (non-hydrogen) atoms. The van der Waals surface area contributed by atoms with Gasteiger partial charge >= 0.3 is 0 Å². The SMILES string of the molecule is CN(C)[C@H]1CCN(c2ccc(-n3ccc4cc(-c5ccc(F)cc5F)sc4c3=O)cn2)C1. The molecule has 1 aromatic carbocycles. The van der Waals surface area contributed by atoms with Crippen LogP contribution in [0.15, 0.2) is 59.7 Å². The van der Waals surface area contributed by atoms with Crippen LogP contribution in [0, 0.1) is 11.6 Å². The van der Waals surface area contributed by atoms with Crippen molar-refractivity contribution in [3.05, 3.63) is 76.8 Å². The molecular weight excluding hydrogens is 430 g/mol. The number of hydrogen-bond donors (Lipinski definition) is 0. The number of anilines is 1. The van der Waals surface area contributed by atoms with E-state index in [1.807, 2.05) is 18.2 Å². The highest BCUT2D eigenvalue weighted by Gasteiger charge is 2.24. The van der Waals surface area contributed by atoms with Gasteiger partial charge in [0.25, 0.3) is 5.56 Å². The molecule has 5 nitrogen and oxygen atoms in total. The Balaban J connectivity index is 1.46. The molecule has 0 radical (unpaired) electrons. The monoisotopic (exact) mass is 452 g/mol. The number of thiophene rings is 1. The largest absolute Gasteiger partial charge is 0.355 e. The lowest BCUT2D eigenvalue weighted by molar-refractivity contribution is 0.315. The fourth-order valence-electron chi connectivity index (χ4n) is 4.13. The van der Waals surface area contributed by atoms with Crippen molar-refractivity contribution in [2.24, 2.45) is 0 Å². The van der Waals surface area contributed by atoms with Crippen LogP contribution in [0.3, 0.4) is 0 Å². The van der Waals surface area contributed by atoms with Gasteiger partial charge in [0.1, 0.15) is 22.2 Å². The number of likely N-dealkylation sites (N-methyl/N-ethyl adjacent to an activating group) is 1. The average molecular weight is 453 g/mol. The number of aromatic nitrogens is 2. The van der Waals surface area contributed by atoms with E-state index in [1.54, 1.807) is 23.0 Å². The number of nitrogens with zero attached hydrogens (tertiary/aromatic N) is 4. The van der Waals surface area contributed by atoms with Gasteiger partial charge < -0.3 is 9.80 Å². The van der Waals surface area contributed by atoms with Crippen molar-refractivity contribution in [3.8, 4) is 16.1 Å². The Morgan fingerprint density at radius 2 is 1.97 bits per heavy atom. The van der Waals surface area contributed by atoms with E-state index in [0.717, 1.165) is 36.8 Å². The third kappa shape index (κ3) is 3.69. The molecular formula is C24H22F2N4OS. The van der Waals surface area contributed by atoms with Crippen molar-refractivity contribution in [1.82, 2.24) is 14.5 Å². The second-order valence-electron chi connectivity index (χ2n) is 8.24. The number of halogens is 2. The Morgan fingerprint density at radius 3 is 2.66 bits per heavy atom. The number of fused-ring (bicyclic) bond motifs is 1. The Hall–Kier alpha value is -3.10. The second kappa shape index (κ2) is 8.11. The lowest BCUT2D eigenvalue weighted by Gasteiger charge is -2.21. The van der Waals surface area contributed by atoms with Crippen LogP contribution in [0.1, 0.15) is 6.42 Å². The van der Waals surface area contributed by atoms with Gasteiger partial charge in [-0.3, -0.25) is 9.36 Å². The maximum atomic E-state index is 14.2. The van der Waals surface area contributed by atoms with Gasteiger partial charge in [-0.15, -0.1) is 11.3 Å². The zero-order chi connectivity index (χ0) is 22.4. The van der Waals surface area contributed by atoms with Gasteiger partial charge in [-0.2, -0.15) is 0 Å². The maximum absolute atomic E-state index is 14.2. The second-order valence-corrected chi connectivity index (χ2v) is 9.29. The summed E-state index contributed by atoms with van der Waals surface area (Å²) >= 11 is 1.20. The molecule has 5 rings (SSSR count). The van der Waals surface area contributed by atoms with Crippen LogP contribution in [0.2, 0.25) is 0 Å². The molecule has 164 valence electrons. The van der Waals surface area contributed by atoms with Crippen LogP contribution < -0.4 is 10.5 Å². The number of rotatable bonds is 4. The highest BCUT2D eigenvalue weighted by atomic mass is 32.1. The Bertz CT molecular complexity index is 1350. The minimum Gasteiger partial charge on any atom is -0.355 e. The fraction of sp³-hybridized carbons (Fsp3) is 0.250. The van der Waals surface area contributed by atoms with Gasteiger partial charge in [-0.1, -0.05) is 0 Å². The molecule has 0 aliphatic carbocycles. The minimum absolute atomic E-state index is 0.190. The highest BCUT2D eigenvalue weighted by Crippen LogP contribution is 2.33. The van der Waals surface area contributed by atoms with Gasteiger partial charge in [0.15, 0.2) is 0 Å². The molecule has 4 aromatic rings. The number of pyridine rings is 2. The van der Waals surface area contributed by atoms with Crippen LogP contribution in [0.25, 0.3) is 26.2 Å². The molecule has 3 aromatic heterocycles. The van der Waals surface area contributed by atoms with E-state index >= 15 is 0 Å². The molecule has 0 unspecified atom stereocenters. The summed E-state index contributed by atoms with van der Waals surface area (Å²) in [5.74, 6) is -0.371. The van der Waals surface area contributed by atoms with E-state index < -0.39 is 11.6 Å². The summed E-state index contributed by atoms with van der Waals surface area (Å²) in [7, 11) is 4.18. The van der Waals surface area contributed by atoms with Gasteiger partial charge in [0, 0.05) is 47.2 Å². The summed E-state index contributed by atoms with van der Waals surface area (Å²) in [5.41, 5.74) is 0.766. The summed E-state index contributed by atoms with van der Waals surface area (Å²) in [5, 5.41) is 0.728. The molecule has 1 saturated heterocycles. The van der Waals surface area contributed by atoms with Crippen molar-refractivity contribution < 1.29 is 8.78 Å². The van der Waals surface area contributed by atoms with Gasteiger partial charge in [-0.25, -0.2) is 13.8 Å². The molecule has 0 N–H and O–H groups in total. The normalized spacial score (nSPS) is 16.4. The van der Waals surface area contributed by atoms with Gasteiger partial charge in [0.05, 0.1) is 11.9 Å². The molecule has 0 saturated carbocycles. The third-order valence-corrected chi connectivity index (χ3v) is 7.17. The average Bonchev–Trinajstić information content (AvgIpc) is 3.42. The molecule has 1 fully saturated rings. The minimum atomic E-state index is -0.643. The van der Waals surface area contributed by atoms with Crippen molar-refractivity contribution in [1.29, 1.82) is 0 Å². The van der Waals surface area contributed by atoms with Crippen LogP contribution in [0.4, 0.5) is 14.6 Å². The fourth-order valence-corrected chi connectivity index (χ4v) is 5.24. The summed E-state index contributed by atoms with van der Waals surface area (Å²) in [6, 6.07) is 11.4. The zero-order valence-corrected chi connectivity index (χ0v) is 18.6. The molecule has 1 atom stereocenters. The van der Waals surface area contributed by atoms with Crippen molar-refractivity contribution in [2.75, 3.05) is 32.1 Å². The van der Waals surface area contributed by atoms with Crippen molar-refractivity contribution in [3.63, 3.8) is 0 Å². The first-order chi connectivity index (χ1) is 15.4. The first-order valence-corrected chi connectivity index (χ1v) is 11.2. The number of benzene rings is 1. The summed E-state index contributed by atoms with van der Waals surface area (Å²) in [6.07, 6.45) is 4.51. The zero-order valence-electron chi connectivity index (χ0n) is 17.8. The maximum Gasteiger partial charge on any atom is 0.273 e. The van der Waals surface area contributed by atoms with Gasteiger partial charge in [-0.05, 0) is 56.9 Å². The molecule has 0 amide bonds. The molecule has 0 spiro atoms. The predicted octanol–water partition coefficient (Wildman–Crippen LogP) is 4.53. The van der Waals surface area contributed by atoms with E-state index in [-0.39, 0.29) is 11.1 Å². The summed E-state index contributed by atoms with van der Waals surface area (Å²) in [4.78, 5) is 22.8. The predicted molar refractivity (Wildman–Crippen MR) is 125 cm³/mol.